The number of nitro benzene ring substituents is 1. The van der Waals surface area contributed by atoms with Gasteiger partial charge >= 0.3 is 0 Å². The van der Waals surface area contributed by atoms with E-state index in [2.05, 4.69) is 4.90 Å². The van der Waals surface area contributed by atoms with E-state index >= 15 is 0 Å². The summed E-state index contributed by atoms with van der Waals surface area (Å²) in [6.45, 7) is 1.83. The highest BCUT2D eigenvalue weighted by Crippen LogP contribution is 2.20. The van der Waals surface area contributed by atoms with Crippen LogP contribution in [-0.2, 0) is 0 Å². The van der Waals surface area contributed by atoms with Gasteiger partial charge in [-0.25, -0.2) is 0 Å². The standard InChI is InChI=1S/C10H12N2O3/c1-11-6-10(7-11)15-9-4-2-8(3-5-9)12(13)14/h2-5,10H,6-7H2,1H3. The van der Waals surface area contributed by atoms with Crippen molar-refractivity contribution in [3.8, 4) is 5.75 Å². The highest BCUT2D eigenvalue weighted by molar-refractivity contribution is 5.36. The molecular formula is C10H12N2O3. The van der Waals surface area contributed by atoms with Crippen molar-refractivity contribution >= 4 is 5.69 Å². The Hall–Kier alpha value is -1.62. The molecular weight excluding hydrogens is 196 g/mol. The summed E-state index contributed by atoms with van der Waals surface area (Å²) in [7, 11) is 2.02. The summed E-state index contributed by atoms with van der Waals surface area (Å²) in [5.41, 5.74) is 0.0908. The zero-order valence-electron chi connectivity index (χ0n) is 8.42. The summed E-state index contributed by atoms with van der Waals surface area (Å²) in [6, 6.07) is 6.18. The lowest BCUT2D eigenvalue weighted by molar-refractivity contribution is -0.384. The molecule has 0 atom stereocenters. The zero-order chi connectivity index (χ0) is 10.8. The fourth-order valence-electron chi connectivity index (χ4n) is 1.56. The van der Waals surface area contributed by atoms with Gasteiger partial charge in [-0.1, -0.05) is 0 Å². The lowest BCUT2D eigenvalue weighted by atomic mass is 10.2. The Labute approximate surface area is 87.4 Å². The quantitative estimate of drug-likeness (QED) is 0.554. The first kappa shape index (κ1) is 9.92. The van der Waals surface area contributed by atoms with E-state index in [1.165, 1.54) is 12.1 Å². The van der Waals surface area contributed by atoms with Crippen LogP contribution >= 0.6 is 0 Å². The Morgan fingerprint density at radius 2 is 2.00 bits per heavy atom. The van der Waals surface area contributed by atoms with Crippen LogP contribution in [0.15, 0.2) is 24.3 Å². The third-order valence-electron chi connectivity index (χ3n) is 2.38. The Bertz CT molecular complexity index is 357. The highest BCUT2D eigenvalue weighted by atomic mass is 16.6. The van der Waals surface area contributed by atoms with E-state index in [0.717, 1.165) is 13.1 Å². The van der Waals surface area contributed by atoms with E-state index in [4.69, 9.17) is 4.74 Å². The van der Waals surface area contributed by atoms with Crippen molar-refractivity contribution in [3.05, 3.63) is 34.4 Å². The molecule has 0 bridgehead atoms. The van der Waals surface area contributed by atoms with Crippen LogP contribution in [0.2, 0.25) is 0 Å². The van der Waals surface area contributed by atoms with Gasteiger partial charge in [-0.15, -0.1) is 0 Å². The third kappa shape index (κ3) is 2.24. The SMILES string of the molecule is CN1CC(Oc2ccc([N+](=O)[O-])cc2)C1. The average molecular weight is 208 g/mol. The van der Waals surface area contributed by atoms with Crippen LogP contribution in [0.1, 0.15) is 0 Å². The van der Waals surface area contributed by atoms with Crippen molar-refractivity contribution in [2.45, 2.75) is 6.10 Å². The first-order chi connectivity index (χ1) is 7.15. The number of nitrogens with zero attached hydrogens (tertiary/aromatic N) is 2. The summed E-state index contributed by atoms with van der Waals surface area (Å²) in [6.07, 6.45) is 0.219. The van der Waals surface area contributed by atoms with Crippen LogP contribution in [0.4, 0.5) is 5.69 Å². The predicted octanol–water partition coefficient (Wildman–Crippen LogP) is 1.29. The number of benzene rings is 1. The van der Waals surface area contributed by atoms with E-state index in [-0.39, 0.29) is 11.8 Å². The number of likely N-dealkylation sites (tertiary alicyclic amines) is 1. The van der Waals surface area contributed by atoms with Gasteiger partial charge in [0.15, 0.2) is 0 Å². The molecule has 0 saturated carbocycles. The maximum Gasteiger partial charge on any atom is 0.269 e. The summed E-state index contributed by atoms with van der Waals surface area (Å²) >= 11 is 0. The minimum Gasteiger partial charge on any atom is -0.488 e. The number of nitro groups is 1. The number of rotatable bonds is 3. The maximum absolute atomic E-state index is 10.4. The number of ether oxygens (including phenoxy) is 1. The van der Waals surface area contributed by atoms with Gasteiger partial charge in [-0.05, 0) is 19.2 Å². The molecule has 1 aliphatic heterocycles. The number of non-ortho nitro benzene ring substituents is 1. The first-order valence-corrected chi connectivity index (χ1v) is 4.75. The molecule has 1 aromatic carbocycles. The molecule has 0 radical (unpaired) electrons. The van der Waals surface area contributed by atoms with Gasteiger partial charge in [0.1, 0.15) is 11.9 Å². The van der Waals surface area contributed by atoms with Crippen molar-refractivity contribution in [2.75, 3.05) is 20.1 Å². The number of likely N-dealkylation sites (N-methyl/N-ethyl adjacent to an activating group) is 1. The van der Waals surface area contributed by atoms with Crippen LogP contribution in [0.5, 0.6) is 5.75 Å². The molecule has 2 rings (SSSR count). The molecule has 1 aromatic rings. The molecule has 5 nitrogen and oxygen atoms in total. The van der Waals surface area contributed by atoms with Crippen molar-refractivity contribution in [2.24, 2.45) is 0 Å². The van der Waals surface area contributed by atoms with Gasteiger partial charge in [-0.3, -0.25) is 15.0 Å². The monoisotopic (exact) mass is 208 g/mol. The molecule has 1 heterocycles. The maximum atomic E-state index is 10.4. The van der Waals surface area contributed by atoms with E-state index in [1.807, 2.05) is 7.05 Å². The Kier molecular flexibility index (Phi) is 2.55. The fraction of sp³-hybridized carbons (Fsp3) is 0.400. The van der Waals surface area contributed by atoms with E-state index < -0.39 is 4.92 Å². The summed E-state index contributed by atoms with van der Waals surface area (Å²) in [4.78, 5) is 12.1. The van der Waals surface area contributed by atoms with Crippen LogP contribution in [-0.4, -0.2) is 36.1 Å². The Morgan fingerprint density at radius 1 is 1.40 bits per heavy atom. The Morgan fingerprint density at radius 3 is 2.47 bits per heavy atom. The molecule has 1 fully saturated rings. The van der Waals surface area contributed by atoms with Crippen molar-refractivity contribution in [1.82, 2.24) is 4.90 Å². The molecule has 5 heteroatoms. The van der Waals surface area contributed by atoms with Gasteiger partial charge in [0.05, 0.1) is 4.92 Å². The molecule has 0 amide bonds. The highest BCUT2D eigenvalue weighted by Gasteiger charge is 2.24. The lowest BCUT2D eigenvalue weighted by Gasteiger charge is -2.35. The second kappa shape index (κ2) is 3.86. The predicted molar refractivity (Wildman–Crippen MR) is 55.0 cm³/mol. The van der Waals surface area contributed by atoms with Crippen LogP contribution in [0.3, 0.4) is 0 Å². The minimum absolute atomic E-state index is 0.0908. The minimum atomic E-state index is -0.416. The van der Waals surface area contributed by atoms with Gasteiger partial charge in [0, 0.05) is 25.2 Å². The molecule has 80 valence electrons. The lowest BCUT2D eigenvalue weighted by Crippen LogP contribution is -2.51. The van der Waals surface area contributed by atoms with Crippen molar-refractivity contribution < 1.29 is 9.66 Å². The summed E-state index contributed by atoms with van der Waals surface area (Å²) in [5, 5.41) is 10.4. The van der Waals surface area contributed by atoms with Crippen LogP contribution in [0.25, 0.3) is 0 Å². The van der Waals surface area contributed by atoms with Crippen LogP contribution < -0.4 is 4.74 Å². The van der Waals surface area contributed by atoms with Crippen molar-refractivity contribution in [1.29, 1.82) is 0 Å². The molecule has 1 aliphatic rings. The smallest absolute Gasteiger partial charge is 0.269 e. The normalized spacial score (nSPS) is 17.1. The largest absolute Gasteiger partial charge is 0.488 e. The zero-order valence-corrected chi connectivity index (χ0v) is 8.42. The molecule has 0 aromatic heterocycles. The summed E-state index contributed by atoms with van der Waals surface area (Å²) in [5.74, 6) is 0.693. The second-order valence-electron chi connectivity index (χ2n) is 3.71. The second-order valence-corrected chi connectivity index (χ2v) is 3.71. The fourth-order valence-corrected chi connectivity index (χ4v) is 1.56. The van der Waals surface area contributed by atoms with E-state index in [9.17, 15) is 10.1 Å². The molecule has 1 saturated heterocycles. The molecule has 0 spiro atoms. The third-order valence-corrected chi connectivity index (χ3v) is 2.38. The molecule has 0 N–H and O–H groups in total. The van der Waals surface area contributed by atoms with Crippen molar-refractivity contribution in [3.63, 3.8) is 0 Å². The molecule has 15 heavy (non-hydrogen) atoms. The molecule has 0 unspecified atom stereocenters. The Balaban J connectivity index is 1.95. The topological polar surface area (TPSA) is 55.6 Å². The van der Waals surface area contributed by atoms with E-state index in [1.54, 1.807) is 12.1 Å². The van der Waals surface area contributed by atoms with Gasteiger partial charge in [0.25, 0.3) is 5.69 Å². The summed E-state index contributed by atoms with van der Waals surface area (Å²) < 4.78 is 5.59. The number of hydrogen-bond donors (Lipinski definition) is 0. The average Bonchev–Trinajstić information content (AvgIpc) is 2.16. The van der Waals surface area contributed by atoms with Crippen LogP contribution in [0, 0.1) is 10.1 Å². The van der Waals surface area contributed by atoms with Gasteiger partial charge in [0.2, 0.25) is 0 Å². The van der Waals surface area contributed by atoms with Gasteiger partial charge < -0.3 is 4.74 Å². The molecule has 0 aliphatic carbocycles. The first-order valence-electron chi connectivity index (χ1n) is 4.75. The number of hydrogen-bond acceptors (Lipinski definition) is 4. The van der Waals surface area contributed by atoms with Gasteiger partial charge in [-0.2, -0.15) is 0 Å². The van der Waals surface area contributed by atoms with E-state index in [0.29, 0.717) is 5.75 Å².